The lowest BCUT2D eigenvalue weighted by Crippen LogP contribution is -3.00. The van der Waals surface area contributed by atoms with E-state index in [1.54, 1.807) is 0 Å². The van der Waals surface area contributed by atoms with Crippen molar-refractivity contribution in [3.8, 4) is 0 Å². The van der Waals surface area contributed by atoms with Crippen molar-refractivity contribution in [1.82, 2.24) is 0 Å². The van der Waals surface area contributed by atoms with Crippen LogP contribution in [0, 0.1) is 0 Å². The molecule has 1 aliphatic rings. The SMILES string of the molecule is C[N+](C)(Cc1ccc(NC(=O)C=Cc2cccc(C(F)(F)F)c2)cc1)C1CCOCC1.[I-]. The third kappa shape index (κ3) is 7.60. The summed E-state index contributed by atoms with van der Waals surface area (Å²) in [7, 11) is 4.45. The van der Waals surface area contributed by atoms with Gasteiger partial charge in [-0.05, 0) is 35.9 Å². The van der Waals surface area contributed by atoms with E-state index in [0.29, 0.717) is 17.3 Å². The van der Waals surface area contributed by atoms with Crippen LogP contribution in [0.4, 0.5) is 18.9 Å². The van der Waals surface area contributed by atoms with Gasteiger partial charge in [-0.1, -0.05) is 24.3 Å². The third-order valence-electron chi connectivity index (χ3n) is 5.63. The molecule has 0 atom stereocenters. The summed E-state index contributed by atoms with van der Waals surface area (Å²) in [6.45, 7) is 2.50. The Balaban J connectivity index is 0.00000363. The zero-order valence-electron chi connectivity index (χ0n) is 18.2. The summed E-state index contributed by atoms with van der Waals surface area (Å²) in [5.74, 6) is -0.400. The van der Waals surface area contributed by atoms with Gasteiger partial charge in [0.2, 0.25) is 5.91 Å². The van der Waals surface area contributed by atoms with Gasteiger partial charge >= 0.3 is 6.18 Å². The predicted molar refractivity (Wildman–Crippen MR) is 115 cm³/mol. The third-order valence-corrected chi connectivity index (χ3v) is 5.63. The monoisotopic (exact) mass is 560 g/mol. The molecule has 4 nitrogen and oxygen atoms in total. The lowest BCUT2D eigenvalue weighted by molar-refractivity contribution is -0.929. The van der Waals surface area contributed by atoms with Crippen molar-refractivity contribution >= 4 is 17.7 Å². The molecule has 1 fully saturated rings. The van der Waals surface area contributed by atoms with E-state index >= 15 is 0 Å². The molecule has 0 aliphatic carbocycles. The van der Waals surface area contributed by atoms with Gasteiger partial charge < -0.3 is 38.5 Å². The van der Waals surface area contributed by atoms with Crippen LogP contribution in [0.25, 0.3) is 6.08 Å². The molecule has 0 bridgehead atoms. The van der Waals surface area contributed by atoms with Crippen LogP contribution in [-0.2, 0) is 22.3 Å². The summed E-state index contributed by atoms with van der Waals surface area (Å²) in [5, 5.41) is 2.74. The normalized spacial score (nSPS) is 15.4. The number of benzene rings is 2. The minimum atomic E-state index is -4.41. The Bertz CT molecular complexity index is 922. The molecule has 1 saturated heterocycles. The van der Waals surface area contributed by atoms with Crippen molar-refractivity contribution < 1.29 is 51.2 Å². The summed E-state index contributed by atoms with van der Waals surface area (Å²) in [6.07, 6.45) is 0.298. The minimum absolute atomic E-state index is 0. The van der Waals surface area contributed by atoms with Crippen LogP contribution in [0.1, 0.15) is 29.5 Å². The van der Waals surface area contributed by atoms with E-state index in [9.17, 15) is 18.0 Å². The highest BCUT2D eigenvalue weighted by molar-refractivity contribution is 6.01. The van der Waals surface area contributed by atoms with E-state index in [1.165, 1.54) is 29.8 Å². The standard InChI is InChI=1S/C24H27F3N2O2.HI/c1-29(2,22-12-14-31-15-13-22)17-19-6-9-21(10-7-19)28-23(30)11-8-18-4-3-5-20(16-18)24(25,26)27;/h3-11,16,22H,12-15,17H2,1-2H3;1H. The van der Waals surface area contributed by atoms with Crippen molar-refractivity contribution in [3.63, 3.8) is 0 Å². The quantitative estimate of drug-likeness (QED) is 0.334. The fourth-order valence-electron chi connectivity index (χ4n) is 3.85. The first-order chi connectivity index (χ1) is 14.6. The number of amides is 1. The molecule has 1 heterocycles. The predicted octanol–water partition coefficient (Wildman–Crippen LogP) is 2.12. The molecule has 3 rings (SSSR count). The second kappa shape index (κ2) is 11.3. The van der Waals surface area contributed by atoms with Gasteiger partial charge in [0, 0.05) is 30.2 Å². The van der Waals surface area contributed by atoms with E-state index in [-0.39, 0.29) is 24.0 Å². The first kappa shape index (κ1) is 26.3. The van der Waals surface area contributed by atoms with E-state index in [0.717, 1.165) is 49.2 Å². The van der Waals surface area contributed by atoms with Crippen LogP contribution < -0.4 is 29.3 Å². The van der Waals surface area contributed by atoms with Crippen molar-refractivity contribution in [2.45, 2.75) is 31.6 Å². The number of rotatable bonds is 6. The van der Waals surface area contributed by atoms with E-state index in [2.05, 4.69) is 19.4 Å². The van der Waals surface area contributed by atoms with Crippen molar-refractivity contribution in [2.24, 2.45) is 0 Å². The molecule has 174 valence electrons. The average molecular weight is 560 g/mol. The van der Waals surface area contributed by atoms with Crippen molar-refractivity contribution in [2.75, 3.05) is 32.6 Å². The number of carbonyl (C=O) groups excluding carboxylic acids is 1. The number of hydrogen-bond acceptors (Lipinski definition) is 2. The van der Waals surface area contributed by atoms with Crippen LogP contribution in [-0.4, -0.2) is 43.7 Å². The molecular weight excluding hydrogens is 532 g/mol. The van der Waals surface area contributed by atoms with Gasteiger partial charge in [0.1, 0.15) is 6.54 Å². The molecule has 8 heteroatoms. The van der Waals surface area contributed by atoms with Crippen molar-refractivity contribution in [3.05, 3.63) is 71.3 Å². The fourth-order valence-corrected chi connectivity index (χ4v) is 3.85. The van der Waals surface area contributed by atoms with E-state index < -0.39 is 17.6 Å². The summed E-state index contributed by atoms with van der Waals surface area (Å²) < 4.78 is 44.7. The molecule has 1 amide bonds. The Labute approximate surface area is 204 Å². The van der Waals surface area contributed by atoms with Gasteiger partial charge in [0.05, 0.1) is 38.9 Å². The summed E-state index contributed by atoms with van der Waals surface area (Å²) in [6, 6.07) is 13.1. The Hall–Kier alpha value is -1.91. The van der Waals surface area contributed by atoms with Crippen LogP contribution in [0.5, 0.6) is 0 Å². The topological polar surface area (TPSA) is 38.3 Å². The molecule has 0 aromatic heterocycles. The molecule has 2 aromatic carbocycles. The average Bonchev–Trinajstić information content (AvgIpc) is 2.74. The molecule has 2 aromatic rings. The van der Waals surface area contributed by atoms with Crippen LogP contribution in [0.15, 0.2) is 54.6 Å². The van der Waals surface area contributed by atoms with Gasteiger partial charge in [0.25, 0.3) is 0 Å². The summed E-state index contributed by atoms with van der Waals surface area (Å²) in [5.41, 5.74) is 1.38. The minimum Gasteiger partial charge on any atom is -1.00 e. The lowest BCUT2D eigenvalue weighted by Gasteiger charge is -2.40. The second-order valence-electron chi connectivity index (χ2n) is 8.42. The second-order valence-corrected chi connectivity index (χ2v) is 8.42. The number of hydrogen-bond donors (Lipinski definition) is 1. The number of nitrogens with one attached hydrogen (secondary N) is 1. The van der Waals surface area contributed by atoms with E-state index in [1.807, 2.05) is 24.3 Å². The maximum Gasteiger partial charge on any atom is 0.416 e. The molecule has 0 unspecified atom stereocenters. The molecule has 0 spiro atoms. The number of anilines is 1. The lowest BCUT2D eigenvalue weighted by atomic mass is 10.0. The maximum absolute atomic E-state index is 12.8. The van der Waals surface area contributed by atoms with Crippen LogP contribution in [0.2, 0.25) is 0 Å². The fraction of sp³-hybridized carbons (Fsp3) is 0.375. The molecule has 1 aliphatic heterocycles. The molecule has 32 heavy (non-hydrogen) atoms. The largest absolute Gasteiger partial charge is 1.00 e. The van der Waals surface area contributed by atoms with Crippen LogP contribution in [0.3, 0.4) is 0 Å². The molecule has 1 N–H and O–H groups in total. The number of quaternary nitrogens is 1. The zero-order valence-corrected chi connectivity index (χ0v) is 20.3. The Kier molecular flexibility index (Phi) is 9.29. The van der Waals surface area contributed by atoms with Gasteiger partial charge in [-0.15, -0.1) is 0 Å². The van der Waals surface area contributed by atoms with Gasteiger partial charge in [0.15, 0.2) is 0 Å². The highest BCUT2D eigenvalue weighted by Crippen LogP contribution is 2.29. The highest BCUT2D eigenvalue weighted by atomic mass is 127. The van der Waals surface area contributed by atoms with Crippen molar-refractivity contribution in [1.29, 1.82) is 0 Å². The van der Waals surface area contributed by atoms with Crippen LogP contribution >= 0.6 is 0 Å². The Morgan fingerprint density at radius 3 is 2.41 bits per heavy atom. The Morgan fingerprint density at radius 1 is 1.12 bits per heavy atom. The highest BCUT2D eigenvalue weighted by Gasteiger charge is 2.31. The number of alkyl halides is 3. The molecule has 0 saturated carbocycles. The van der Waals surface area contributed by atoms with Gasteiger partial charge in [-0.3, -0.25) is 4.79 Å². The first-order valence-corrected chi connectivity index (χ1v) is 10.3. The molecular formula is C24H28F3IN2O2. The number of ether oxygens (including phenoxy) is 1. The first-order valence-electron chi connectivity index (χ1n) is 10.3. The number of halogens is 4. The van der Waals surface area contributed by atoms with E-state index in [4.69, 9.17) is 4.74 Å². The zero-order chi connectivity index (χ0) is 22.5. The Morgan fingerprint density at radius 2 is 1.78 bits per heavy atom. The van der Waals surface area contributed by atoms with Gasteiger partial charge in [-0.2, -0.15) is 13.2 Å². The smallest absolute Gasteiger partial charge is 0.416 e. The summed E-state index contributed by atoms with van der Waals surface area (Å²) >= 11 is 0. The summed E-state index contributed by atoms with van der Waals surface area (Å²) in [4.78, 5) is 12.2. The maximum atomic E-state index is 12.8. The van der Waals surface area contributed by atoms with Gasteiger partial charge in [-0.25, -0.2) is 0 Å². The number of carbonyl (C=O) groups is 1. The number of nitrogens with zero attached hydrogens (tertiary/aromatic N) is 1. The molecule has 0 radical (unpaired) electrons.